The highest BCUT2D eigenvalue weighted by molar-refractivity contribution is 7.13. The van der Waals surface area contributed by atoms with Crippen molar-refractivity contribution in [1.29, 1.82) is 0 Å². The van der Waals surface area contributed by atoms with Gasteiger partial charge in [-0.15, -0.1) is 11.3 Å². The van der Waals surface area contributed by atoms with Crippen molar-refractivity contribution < 1.29 is 14.6 Å². The van der Waals surface area contributed by atoms with Gasteiger partial charge in [0.1, 0.15) is 5.69 Å². The fraction of sp³-hybridized carbons (Fsp3) is 0.391. The fourth-order valence-corrected chi connectivity index (χ4v) is 4.61. The van der Waals surface area contributed by atoms with E-state index in [1.807, 2.05) is 35.7 Å². The second kappa shape index (κ2) is 9.21. The lowest BCUT2D eigenvalue weighted by molar-refractivity contribution is -0.0389. The summed E-state index contributed by atoms with van der Waals surface area (Å²) in [5.74, 6) is 1.42. The van der Waals surface area contributed by atoms with Gasteiger partial charge in [0.15, 0.2) is 11.5 Å². The number of aliphatic hydroxyl groups is 1. The van der Waals surface area contributed by atoms with Crippen molar-refractivity contribution in [2.75, 3.05) is 27.3 Å². The highest BCUT2D eigenvalue weighted by Gasteiger charge is 2.33. The molecule has 0 spiro atoms. The maximum atomic E-state index is 12.3. The van der Waals surface area contributed by atoms with E-state index < -0.39 is 5.60 Å². The van der Waals surface area contributed by atoms with E-state index >= 15 is 0 Å². The van der Waals surface area contributed by atoms with Crippen LogP contribution in [0.15, 0.2) is 52.6 Å². The second-order valence-electron chi connectivity index (χ2n) is 7.88. The molecule has 164 valence electrons. The first kappa shape index (κ1) is 21.5. The summed E-state index contributed by atoms with van der Waals surface area (Å²) >= 11 is 1.58. The normalized spacial score (nSPS) is 16.2. The standard InChI is InChI=1S/C23H27N3O4S/c1-29-19-7-5-17(14-20(19)30-2)15-25-11-9-23(28,10-12-25)16-26-22(27)8-6-18(24-26)21-4-3-13-31-21/h3-8,13-14,28H,9-12,15-16H2,1-2H3. The molecule has 0 amide bonds. The Morgan fingerprint density at radius 2 is 1.87 bits per heavy atom. The molecule has 8 heteroatoms. The molecule has 3 heterocycles. The van der Waals surface area contributed by atoms with Crippen LogP contribution in [0.2, 0.25) is 0 Å². The molecule has 1 N–H and O–H groups in total. The minimum atomic E-state index is -0.945. The molecule has 0 atom stereocenters. The zero-order chi connectivity index (χ0) is 21.8. The lowest BCUT2D eigenvalue weighted by Crippen LogP contribution is -2.48. The lowest BCUT2D eigenvalue weighted by atomic mass is 9.91. The highest BCUT2D eigenvalue weighted by atomic mass is 32.1. The summed E-state index contributed by atoms with van der Waals surface area (Å²) in [5, 5.41) is 17.6. The van der Waals surface area contributed by atoms with Crippen LogP contribution < -0.4 is 15.0 Å². The molecule has 2 aromatic heterocycles. The van der Waals surface area contributed by atoms with Crippen LogP contribution >= 0.6 is 11.3 Å². The largest absolute Gasteiger partial charge is 0.493 e. The third kappa shape index (κ3) is 4.98. The summed E-state index contributed by atoms with van der Waals surface area (Å²) in [5.41, 5.74) is 0.745. The molecule has 1 aliphatic rings. The molecule has 31 heavy (non-hydrogen) atoms. The molecule has 1 aromatic carbocycles. The number of rotatable bonds is 7. The van der Waals surface area contributed by atoms with Crippen molar-refractivity contribution >= 4 is 11.3 Å². The number of piperidine rings is 1. The number of methoxy groups -OCH3 is 2. The zero-order valence-electron chi connectivity index (χ0n) is 17.8. The molecule has 1 aliphatic heterocycles. The maximum absolute atomic E-state index is 12.3. The Labute approximate surface area is 185 Å². The van der Waals surface area contributed by atoms with Crippen LogP contribution in [-0.4, -0.2) is 52.7 Å². The Morgan fingerprint density at radius 1 is 1.10 bits per heavy atom. The summed E-state index contributed by atoms with van der Waals surface area (Å²) in [7, 11) is 3.26. The molecule has 0 saturated carbocycles. The Kier molecular flexibility index (Phi) is 6.41. The van der Waals surface area contributed by atoms with Crippen molar-refractivity contribution in [2.24, 2.45) is 0 Å². The van der Waals surface area contributed by atoms with Crippen LogP contribution in [0.1, 0.15) is 18.4 Å². The lowest BCUT2D eigenvalue weighted by Gasteiger charge is -2.38. The smallest absolute Gasteiger partial charge is 0.266 e. The molecule has 3 aromatic rings. The summed E-state index contributed by atoms with van der Waals surface area (Å²) in [4.78, 5) is 15.6. The zero-order valence-corrected chi connectivity index (χ0v) is 18.6. The van der Waals surface area contributed by atoms with Crippen molar-refractivity contribution in [3.05, 3.63) is 63.8 Å². The van der Waals surface area contributed by atoms with Crippen molar-refractivity contribution in [3.8, 4) is 22.1 Å². The predicted molar refractivity (Wildman–Crippen MR) is 121 cm³/mol. The molecule has 0 radical (unpaired) electrons. The van der Waals surface area contributed by atoms with Gasteiger partial charge in [0.2, 0.25) is 0 Å². The first-order chi connectivity index (χ1) is 15.0. The van der Waals surface area contributed by atoms with Crippen LogP contribution in [-0.2, 0) is 13.1 Å². The summed E-state index contributed by atoms with van der Waals surface area (Å²) in [6.45, 7) is 2.45. The number of aromatic nitrogens is 2. The first-order valence-corrected chi connectivity index (χ1v) is 11.2. The predicted octanol–water partition coefficient (Wildman–Crippen LogP) is 3.02. The monoisotopic (exact) mass is 441 g/mol. The number of hydrogen-bond donors (Lipinski definition) is 1. The van der Waals surface area contributed by atoms with Crippen LogP contribution in [0.3, 0.4) is 0 Å². The van der Waals surface area contributed by atoms with E-state index in [-0.39, 0.29) is 12.1 Å². The Morgan fingerprint density at radius 3 is 2.55 bits per heavy atom. The van der Waals surface area contributed by atoms with Gasteiger partial charge in [0.05, 0.1) is 31.2 Å². The van der Waals surface area contributed by atoms with E-state index in [2.05, 4.69) is 10.00 Å². The van der Waals surface area contributed by atoms with E-state index in [4.69, 9.17) is 9.47 Å². The molecule has 4 rings (SSSR count). The number of ether oxygens (including phenoxy) is 2. The first-order valence-electron chi connectivity index (χ1n) is 10.3. The van der Waals surface area contributed by atoms with Crippen LogP contribution in [0.4, 0.5) is 0 Å². The molecule has 7 nitrogen and oxygen atoms in total. The van der Waals surface area contributed by atoms with E-state index in [9.17, 15) is 9.90 Å². The average molecular weight is 442 g/mol. The van der Waals surface area contributed by atoms with Gasteiger partial charge in [0, 0.05) is 25.7 Å². The molecule has 1 fully saturated rings. The van der Waals surface area contributed by atoms with Crippen LogP contribution in [0.25, 0.3) is 10.6 Å². The number of hydrogen-bond acceptors (Lipinski definition) is 7. The summed E-state index contributed by atoms with van der Waals surface area (Å²) < 4.78 is 12.1. The number of thiophene rings is 1. The SMILES string of the molecule is COc1ccc(CN2CCC(O)(Cn3nc(-c4cccs4)ccc3=O)CC2)cc1OC. The van der Waals surface area contributed by atoms with Gasteiger partial charge in [0.25, 0.3) is 5.56 Å². The molecule has 0 aliphatic carbocycles. The van der Waals surface area contributed by atoms with Crippen LogP contribution in [0, 0.1) is 0 Å². The van der Waals surface area contributed by atoms with Gasteiger partial charge in [-0.05, 0) is 48.1 Å². The molecular formula is C23H27N3O4S. The number of nitrogens with zero attached hydrogens (tertiary/aromatic N) is 3. The van der Waals surface area contributed by atoms with Gasteiger partial charge in [-0.1, -0.05) is 12.1 Å². The number of likely N-dealkylation sites (tertiary alicyclic amines) is 1. The Balaban J connectivity index is 1.40. The topological polar surface area (TPSA) is 76.8 Å². The molecule has 1 saturated heterocycles. The van der Waals surface area contributed by atoms with Crippen molar-refractivity contribution in [3.63, 3.8) is 0 Å². The third-order valence-electron chi connectivity index (χ3n) is 5.73. The van der Waals surface area contributed by atoms with Crippen molar-refractivity contribution in [1.82, 2.24) is 14.7 Å². The Bertz CT molecular complexity index is 1070. The minimum absolute atomic E-state index is 0.193. The van der Waals surface area contributed by atoms with E-state index in [1.54, 1.807) is 31.6 Å². The fourth-order valence-electron chi connectivity index (χ4n) is 3.92. The molecular weight excluding hydrogens is 414 g/mol. The van der Waals surface area contributed by atoms with E-state index in [0.29, 0.717) is 24.3 Å². The highest BCUT2D eigenvalue weighted by Crippen LogP contribution is 2.30. The minimum Gasteiger partial charge on any atom is -0.493 e. The van der Waals surface area contributed by atoms with Crippen LogP contribution in [0.5, 0.6) is 11.5 Å². The quantitative estimate of drug-likeness (QED) is 0.607. The Hall–Kier alpha value is -2.68. The second-order valence-corrected chi connectivity index (χ2v) is 8.83. The van der Waals surface area contributed by atoms with Gasteiger partial charge in [-0.3, -0.25) is 9.69 Å². The molecule has 0 bridgehead atoms. The number of benzene rings is 1. The van der Waals surface area contributed by atoms with Gasteiger partial charge >= 0.3 is 0 Å². The average Bonchev–Trinajstić information content (AvgIpc) is 3.32. The summed E-state index contributed by atoms with van der Waals surface area (Å²) in [6.07, 6.45) is 1.16. The van der Waals surface area contributed by atoms with Gasteiger partial charge in [-0.25, -0.2) is 4.68 Å². The van der Waals surface area contributed by atoms with Crippen molar-refractivity contribution in [2.45, 2.75) is 31.5 Å². The summed E-state index contributed by atoms with van der Waals surface area (Å²) in [6, 6.07) is 13.1. The molecule has 0 unspecified atom stereocenters. The van der Waals surface area contributed by atoms with Gasteiger partial charge < -0.3 is 14.6 Å². The third-order valence-corrected chi connectivity index (χ3v) is 6.62. The van der Waals surface area contributed by atoms with E-state index in [0.717, 1.165) is 35.8 Å². The van der Waals surface area contributed by atoms with E-state index in [1.165, 1.54) is 10.7 Å². The van der Waals surface area contributed by atoms with Gasteiger partial charge in [-0.2, -0.15) is 5.10 Å². The maximum Gasteiger partial charge on any atom is 0.266 e.